The molecule has 98 valence electrons. The van der Waals surface area contributed by atoms with Crippen LogP contribution in [0, 0.1) is 5.92 Å². The van der Waals surface area contributed by atoms with Crippen LogP contribution >= 0.6 is 11.3 Å². The number of fused-ring (bicyclic) bond motifs is 1. The van der Waals surface area contributed by atoms with Crippen molar-refractivity contribution >= 4 is 22.3 Å². The predicted molar refractivity (Wildman–Crippen MR) is 70.8 cm³/mol. The Morgan fingerprint density at radius 2 is 2.39 bits per heavy atom. The first-order chi connectivity index (χ1) is 8.54. The lowest BCUT2D eigenvalue weighted by molar-refractivity contribution is -0.138. The van der Waals surface area contributed by atoms with Crippen LogP contribution in [0.4, 0.5) is 0 Å². The molecule has 2 aromatic heterocycles. The number of rotatable bonds is 6. The summed E-state index contributed by atoms with van der Waals surface area (Å²) < 4.78 is 1.97. The molecule has 18 heavy (non-hydrogen) atoms. The quantitative estimate of drug-likeness (QED) is 0.869. The molecule has 0 saturated carbocycles. The molecular formula is C12H17N3O2S. The summed E-state index contributed by atoms with van der Waals surface area (Å²) in [7, 11) is 0. The monoisotopic (exact) mass is 267 g/mol. The van der Waals surface area contributed by atoms with Gasteiger partial charge in [-0.15, -0.1) is 11.3 Å². The van der Waals surface area contributed by atoms with Crippen LogP contribution in [0.1, 0.15) is 19.5 Å². The summed E-state index contributed by atoms with van der Waals surface area (Å²) in [6.45, 7) is 5.57. The van der Waals surface area contributed by atoms with Crippen molar-refractivity contribution in [1.82, 2.24) is 14.3 Å². The maximum absolute atomic E-state index is 10.8. The van der Waals surface area contributed by atoms with E-state index < -0.39 is 5.97 Å². The molecule has 0 amide bonds. The van der Waals surface area contributed by atoms with Crippen molar-refractivity contribution in [2.45, 2.75) is 20.4 Å². The molecule has 2 aromatic rings. The molecule has 2 rings (SSSR count). The molecule has 1 N–H and O–H groups in total. The van der Waals surface area contributed by atoms with Crippen molar-refractivity contribution in [3.8, 4) is 0 Å². The fourth-order valence-corrected chi connectivity index (χ4v) is 2.69. The van der Waals surface area contributed by atoms with Crippen LogP contribution in [0.15, 0.2) is 17.8 Å². The predicted octanol–water partition coefficient (Wildman–Crippen LogP) is 1.94. The molecule has 0 atom stereocenters. The van der Waals surface area contributed by atoms with Gasteiger partial charge in [-0.3, -0.25) is 14.1 Å². The van der Waals surface area contributed by atoms with E-state index in [2.05, 4.69) is 18.8 Å². The zero-order valence-corrected chi connectivity index (χ0v) is 11.4. The van der Waals surface area contributed by atoms with Crippen molar-refractivity contribution in [2.24, 2.45) is 5.92 Å². The van der Waals surface area contributed by atoms with Crippen molar-refractivity contribution in [1.29, 1.82) is 0 Å². The Morgan fingerprint density at radius 3 is 3.00 bits per heavy atom. The number of carboxylic acid groups (broad SMARTS) is 1. The van der Waals surface area contributed by atoms with Crippen molar-refractivity contribution in [3.05, 3.63) is 23.5 Å². The Labute approximate surface area is 110 Å². The van der Waals surface area contributed by atoms with E-state index in [1.165, 1.54) is 0 Å². The van der Waals surface area contributed by atoms with Crippen molar-refractivity contribution < 1.29 is 9.90 Å². The number of imidazole rings is 1. The molecule has 0 aliphatic heterocycles. The van der Waals surface area contributed by atoms with E-state index in [1.54, 1.807) is 11.3 Å². The van der Waals surface area contributed by atoms with Gasteiger partial charge in [-0.25, -0.2) is 4.98 Å². The summed E-state index contributed by atoms with van der Waals surface area (Å²) in [6.07, 6.45) is 3.92. The zero-order chi connectivity index (χ0) is 13.1. The molecule has 0 radical (unpaired) electrons. The molecule has 0 aliphatic carbocycles. The lowest BCUT2D eigenvalue weighted by Crippen LogP contribution is -2.32. The maximum atomic E-state index is 10.8. The minimum Gasteiger partial charge on any atom is -0.480 e. The summed E-state index contributed by atoms with van der Waals surface area (Å²) in [5.41, 5.74) is 0.920. The molecule has 0 bridgehead atoms. The van der Waals surface area contributed by atoms with Crippen molar-refractivity contribution in [2.75, 3.05) is 13.1 Å². The van der Waals surface area contributed by atoms with Gasteiger partial charge in [0.15, 0.2) is 4.96 Å². The maximum Gasteiger partial charge on any atom is 0.317 e. The number of aromatic nitrogens is 2. The molecule has 0 unspecified atom stereocenters. The highest BCUT2D eigenvalue weighted by Crippen LogP contribution is 2.13. The molecule has 0 spiro atoms. The number of nitrogens with zero attached hydrogens (tertiary/aromatic N) is 3. The van der Waals surface area contributed by atoms with E-state index in [-0.39, 0.29) is 6.54 Å². The van der Waals surface area contributed by atoms with Crippen LogP contribution in [0.25, 0.3) is 4.96 Å². The standard InChI is InChI=1S/C12H17N3O2S/c1-9(2)5-14(8-11(16)17)6-10-7-15-3-4-18-12(15)13-10/h3-4,7,9H,5-6,8H2,1-2H3,(H,16,17). The van der Waals surface area contributed by atoms with Gasteiger partial charge in [0.1, 0.15) is 0 Å². The summed E-state index contributed by atoms with van der Waals surface area (Å²) in [6, 6.07) is 0. The molecule has 0 aliphatic rings. The minimum absolute atomic E-state index is 0.0589. The van der Waals surface area contributed by atoms with E-state index in [9.17, 15) is 4.79 Å². The van der Waals surface area contributed by atoms with Crippen LogP contribution in [0.5, 0.6) is 0 Å². The summed E-state index contributed by atoms with van der Waals surface area (Å²) >= 11 is 1.58. The number of aliphatic carboxylic acids is 1. The van der Waals surface area contributed by atoms with Gasteiger partial charge in [-0.05, 0) is 5.92 Å². The van der Waals surface area contributed by atoms with Crippen LogP contribution in [-0.2, 0) is 11.3 Å². The van der Waals surface area contributed by atoms with E-state index >= 15 is 0 Å². The fourth-order valence-electron chi connectivity index (χ4n) is 1.97. The molecule has 0 aromatic carbocycles. The highest BCUT2D eigenvalue weighted by molar-refractivity contribution is 7.15. The Morgan fingerprint density at radius 1 is 1.61 bits per heavy atom. The average Bonchev–Trinajstić information content (AvgIpc) is 2.74. The SMILES string of the molecule is CC(C)CN(CC(=O)O)Cc1cn2ccsc2n1. The van der Waals surface area contributed by atoms with E-state index in [0.29, 0.717) is 12.5 Å². The first-order valence-electron chi connectivity index (χ1n) is 5.90. The second kappa shape index (κ2) is 5.49. The number of hydrogen-bond donors (Lipinski definition) is 1. The molecule has 5 nitrogen and oxygen atoms in total. The van der Waals surface area contributed by atoms with Gasteiger partial charge in [0.05, 0.1) is 12.2 Å². The van der Waals surface area contributed by atoms with E-state index in [4.69, 9.17) is 5.11 Å². The highest BCUT2D eigenvalue weighted by atomic mass is 32.1. The molecular weight excluding hydrogens is 250 g/mol. The molecule has 2 heterocycles. The summed E-state index contributed by atoms with van der Waals surface area (Å²) in [4.78, 5) is 18.2. The minimum atomic E-state index is -0.795. The number of carboxylic acids is 1. The third-order valence-electron chi connectivity index (χ3n) is 2.51. The average molecular weight is 267 g/mol. The zero-order valence-electron chi connectivity index (χ0n) is 10.5. The molecule has 6 heteroatoms. The van der Waals surface area contributed by atoms with Crippen LogP contribution in [0.2, 0.25) is 0 Å². The lowest BCUT2D eigenvalue weighted by Gasteiger charge is -2.21. The first kappa shape index (κ1) is 13.0. The number of hydrogen-bond acceptors (Lipinski definition) is 4. The number of carbonyl (C=O) groups is 1. The van der Waals surface area contributed by atoms with Gasteiger partial charge in [-0.2, -0.15) is 0 Å². The summed E-state index contributed by atoms with van der Waals surface area (Å²) in [5, 5.41) is 10.9. The van der Waals surface area contributed by atoms with Crippen LogP contribution in [-0.4, -0.2) is 38.4 Å². The van der Waals surface area contributed by atoms with Crippen LogP contribution in [0.3, 0.4) is 0 Å². The second-order valence-electron chi connectivity index (χ2n) is 4.78. The van der Waals surface area contributed by atoms with Gasteiger partial charge in [-0.1, -0.05) is 13.8 Å². The molecule has 0 fully saturated rings. The van der Waals surface area contributed by atoms with Gasteiger partial charge in [0, 0.05) is 30.9 Å². The summed E-state index contributed by atoms with van der Waals surface area (Å²) in [5.74, 6) is -0.357. The Balaban J connectivity index is 2.07. The number of thiazole rings is 1. The second-order valence-corrected chi connectivity index (χ2v) is 5.66. The fraction of sp³-hybridized carbons (Fsp3) is 0.500. The topological polar surface area (TPSA) is 57.8 Å². The first-order valence-corrected chi connectivity index (χ1v) is 6.78. The Bertz CT molecular complexity index is 504. The van der Waals surface area contributed by atoms with Gasteiger partial charge in [0.2, 0.25) is 0 Å². The third kappa shape index (κ3) is 3.30. The molecule has 0 saturated heterocycles. The van der Waals surface area contributed by atoms with Gasteiger partial charge < -0.3 is 5.11 Å². The Kier molecular flexibility index (Phi) is 3.98. The smallest absolute Gasteiger partial charge is 0.317 e. The van der Waals surface area contributed by atoms with E-state index in [0.717, 1.165) is 17.2 Å². The normalized spacial score (nSPS) is 11.8. The largest absolute Gasteiger partial charge is 0.480 e. The van der Waals surface area contributed by atoms with E-state index in [1.807, 2.05) is 27.1 Å². The highest BCUT2D eigenvalue weighted by Gasteiger charge is 2.14. The van der Waals surface area contributed by atoms with Crippen molar-refractivity contribution in [3.63, 3.8) is 0 Å². The van der Waals surface area contributed by atoms with Gasteiger partial charge in [0.25, 0.3) is 0 Å². The van der Waals surface area contributed by atoms with Crippen LogP contribution < -0.4 is 0 Å². The van der Waals surface area contributed by atoms with Gasteiger partial charge >= 0.3 is 5.97 Å². The third-order valence-corrected chi connectivity index (χ3v) is 3.28. The lowest BCUT2D eigenvalue weighted by atomic mass is 10.2. The Hall–Kier alpha value is -1.40.